The van der Waals surface area contributed by atoms with Gasteiger partial charge in [-0.2, -0.15) is 0 Å². The van der Waals surface area contributed by atoms with Gasteiger partial charge in [0, 0.05) is 24.7 Å². The molecule has 0 saturated heterocycles. The molecule has 1 rings (SSSR count). The van der Waals surface area contributed by atoms with Crippen LogP contribution < -0.4 is 10.5 Å². The van der Waals surface area contributed by atoms with E-state index >= 15 is 0 Å². The minimum absolute atomic E-state index is 0.242. The second kappa shape index (κ2) is 6.07. The second-order valence-electron chi connectivity index (χ2n) is 3.33. The highest BCUT2D eigenvalue weighted by molar-refractivity contribution is 5.72. The van der Waals surface area contributed by atoms with Crippen LogP contribution in [0.5, 0.6) is 5.88 Å². The summed E-state index contributed by atoms with van der Waals surface area (Å²) in [4.78, 5) is 15.6. The van der Waals surface area contributed by atoms with Gasteiger partial charge in [0.25, 0.3) is 0 Å². The maximum Gasteiger partial charge on any atom is 0.310 e. The number of hydrogen-bond donors (Lipinski definition) is 1. The van der Waals surface area contributed by atoms with Gasteiger partial charge in [-0.15, -0.1) is 0 Å². The van der Waals surface area contributed by atoms with Crippen LogP contribution >= 0.6 is 0 Å². The molecule has 0 aliphatic carbocycles. The van der Waals surface area contributed by atoms with E-state index in [1.165, 1.54) is 7.11 Å². The van der Waals surface area contributed by atoms with Gasteiger partial charge < -0.3 is 15.2 Å². The third-order valence-electron chi connectivity index (χ3n) is 2.26. The Morgan fingerprint density at radius 3 is 2.81 bits per heavy atom. The van der Waals surface area contributed by atoms with E-state index in [4.69, 9.17) is 10.5 Å². The number of aromatic nitrogens is 1. The normalized spacial score (nSPS) is 11.9. The monoisotopic (exact) mass is 224 g/mol. The van der Waals surface area contributed by atoms with Gasteiger partial charge in [-0.1, -0.05) is 6.07 Å². The third-order valence-corrected chi connectivity index (χ3v) is 2.26. The molecular formula is C11H16N2O3. The van der Waals surface area contributed by atoms with Crippen LogP contribution in [-0.4, -0.2) is 31.7 Å². The number of ether oxygens (including phenoxy) is 2. The lowest BCUT2D eigenvalue weighted by Crippen LogP contribution is -2.27. The lowest BCUT2D eigenvalue weighted by atomic mass is 10.0. The van der Waals surface area contributed by atoms with Crippen LogP contribution in [0.1, 0.15) is 5.69 Å². The molecule has 5 nitrogen and oxygen atoms in total. The summed E-state index contributed by atoms with van der Waals surface area (Å²) in [7, 11) is 2.90. The van der Waals surface area contributed by atoms with Crippen LogP contribution in [0.25, 0.3) is 0 Å². The maximum absolute atomic E-state index is 11.3. The SMILES string of the molecule is COC(=O)C(CN)Cc1cccc(OC)n1. The van der Waals surface area contributed by atoms with Gasteiger partial charge in [-0.3, -0.25) is 4.79 Å². The van der Waals surface area contributed by atoms with Crippen molar-refractivity contribution in [2.75, 3.05) is 20.8 Å². The fourth-order valence-corrected chi connectivity index (χ4v) is 1.37. The average Bonchev–Trinajstić information content (AvgIpc) is 2.35. The second-order valence-corrected chi connectivity index (χ2v) is 3.33. The molecule has 5 heteroatoms. The van der Waals surface area contributed by atoms with Crippen molar-refractivity contribution in [1.82, 2.24) is 4.98 Å². The van der Waals surface area contributed by atoms with Gasteiger partial charge in [0.2, 0.25) is 5.88 Å². The Kier molecular flexibility index (Phi) is 4.72. The van der Waals surface area contributed by atoms with Gasteiger partial charge in [0.1, 0.15) is 0 Å². The minimum atomic E-state index is -0.357. The largest absolute Gasteiger partial charge is 0.481 e. The summed E-state index contributed by atoms with van der Waals surface area (Å²) >= 11 is 0. The van der Waals surface area contributed by atoms with Crippen molar-refractivity contribution in [3.63, 3.8) is 0 Å². The lowest BCUT2D eigenvalue weighted by molar-refractivity contribution is -0.145. The molecule has 0 saturated carbocycles. The summed E-state index contributed by atoms with van der Waals surface area (Å²) in [5.41, 5.74) is 6.27. The number of nitrogens with zero attached hydrogens (tertiary/aromatic N) is 1. The molecule has 0 radical (unpaired) electrons. The fraction of sp³-hybridized carbons (Fsp3) is 0.455. The van der Waals surface area contributed by atoms with Crippen molar-refractivity contribution in [3.05, 3.63) is 23.9 Å². The molecule has 0 aliphatic heterocycles. The molecule has 88 valence electrons. The number of hydrogen-bond acceptors (Lipinski definition) is 5. The van der Waals surface area contributed by atoms with E-state index in [9.17, 15) is 4.79 Å². The molecule has 0 fully saturated rings. The van der Waals surface area contributed by atoms with Crippen LogP contribution in [0.3, 0.4) is 0 Å². The summed E-state index contributed by atoms with van der Waals surface area (Å²) in [5.74, 6) is -0.144. The summed E-state index contributed by atoms with van der Waals surface area (Å²) in [6.07, 6.45) is 0.459. The van der Waals surface area contributed by atoms with E-state index in [1.54, 1.807) is 13.2 Å². The predicted octanol–water partition coefficient (Wildman–Crippen LogP) is 0.381. The van der Waals surface area contributed by atoms with Gasteiger partial charge in [-0.05, 0) is 6.07 Å². The Morgan fingerprint density at radius 1 is 1.50 bits per heavy atom. The first-order valence-corrected chi connectivity index (χ1v) is 4.99. The summed E-state index contributed by atoms with van der Waals surface area (Å²) in [5, 5.41) is 0. The topological polar surface area (TPSA) is 74.4 Å². The zero-order chi connectivity index (χ0) is 12.0. The predicted molar refractivity (Wildman–Crippen MR) is 59.1 cm³/mol. The quantitative estimate of drug-likeness (QED) is 0.732. The van der Waals surface area contributed by atoms with E-state index in [1.807, 2.05) is 12.1 Å². The zero-order valence-corrected chi connectivity index (χ0v) is 9.47. The highest BCUT2D eigenvalue weighted by Gasteiger charge is 2.18. The molecule has 0 spiro atoms. The van der Waals surface area contributed by atoms with E-state index in [2.05, 4.69) is 9.72 Å². The first-order valence-electron chi connectivity index (χ1n) is 4.99. The number of methoxy groups -OCH3 is 2. The molecule has 0 amide bonds. The first-order chi connectivity index (χ1) is 7.71. The lowest BCUT2D eigenvalue weighted by Gasteiger charge is -2.11. The molecule has 1 unspecified atom stereocenters. The molecule has 0 aromatic carbocycles. The van der Waals surface area contributed by atoms with Crippen LogP contribution in [-0.2, 0) is 16.0 Å². The molecule has 2 N–H and O–H groups in total. The van der Waals surface area contributed by atoms with Crippen molar-refractivity contribution >= 4 is 5.97 Å². The van der Waals surface area contributed by atoms with Gasteiger partial charge in [-0.25, -0.2) is 4.98 Å². The van der Waals surface area contributed by atoms with Crippen LogP contribution in [0.15, 0.2) is 18.2 Å². The van der Waals surface area contributed by atoms with Crippen molar-refractivity contribution < 1.29 is 14.3 Å². The number of carbonyl (C=O) groups is 1. The Labute approximate surface area is 94.6 Å². The molecule has 1 aromatic rings. The first kappa shape index (κ1) is 12.4. The van der Waals surface area contributed by atoms with Crippen LogP contribution in [0.4, 0.5) is 0 Å². The molecule has 0 aliphatic rings. The molecule has 0 bridgehead atoms. The van der Waals surface area contributed by atoms with Gasteiger partial charge in [0.15, 0.2) is 0 Å². The maximum atomic E-state index is 11.3. The van der Waals surface area contributed by atoms with E-state index < -0.39 is 0 Å². The zero-order valence-electron chi connectivity index (χ0n) is 9.47. The van der Waals surface area contributed by atoms with Crippen molar-refractivity contribution in [1.29, 1.82) is 0 Å². The van der Waals surface area contributed by atoms with Crippen molar-refractivity contribution in [3.8, 4) is 5.88 Å². The van der Waals surface area contributed by atoms with E-state index in [-0.39, 0.29) is 18.4 Å². The highest BCUT2D eigenvalue weighted by atomic mass is 16.5. The third kappa shape index (κ3) is 3.20. The van der Waals surface area contributed by atoms with Gasteiger partial charge in [0.05, 0.1) is 20.1 Å². The van der Waals surface area contributed by atoms with E-state index in [0.717, 1.165) is 5.69 Å². The highest BCUT2D eigenvalue weighted by Crippen LogP contribution is 2.11. The summed E-state index contributed by atoms with van der Waals surface area (Å²) in [6, 6.07) is 5.40. The fourth-order valence-electron chi connectivity index (χ4n) is 1.37. The Morgan fingerprint density at radius 2 is 2.25 bits per heavy atom. The molecule has 1 atom stereocenters. The van der Waals surface area contributed by atoms with Crippen LogP contribution in [0, 0.1) is 5.92 Å². The van der Waals surface area contributed by atoms with Crippen molar-refractivity contribution in [2.45, 2.75) is 6.42 Å². The Balaban J connectivity index is 2.73. The molecule has 1 heterocycles. The molecule has 16 heavy (non-hydrogen) atoms. The molecule has 1 aromatic heterocycles. The number of nitrogens with two attached hydrogens (primary N) is 1. The van der Waals surface area contributed by atoms with Gasteiger partial charge >= 0.3 is 5.97 Å². The Bertz CT molecular complexity index is 355. The number of pyridine rings is 1. The molecular weight excluding hydrogens is 208 g/mol. The number of carbonyl (C=O) groups excluding carboxylic acids is 1. The summed E-state index contributed by atoms with van der Waals surface area (Å²) in [6.45, 7) is 0.242. The Hall–Kier alpha value is -1.62. The standard InChI is InChI=1S/C11H16N2O3/c1-15-10-5-3-4-9(13-10)6-8(7-12)11(14)16-2/h3-5,8H,6-7,12H2,1-2H3. The average molecular weight is 224 g/mol. The minimum Gasteiger partial charge on any atom is -0.481 e. The van der Waals surface area contributed by atoms with Crippen LogP contribution in [0.2, 0.25) is 0 Å². The van der Waals surface area contributed by atoms with Crippen molar-refractivity contribution in [2.24, 2.45) is 11.7 Å². The number of esters is 1. The summed E-state index contributed by atoms with van der Waals surface area (Å²) < 4.78 is 9.65. The van der Waals surface area contributed by atoms with E-state index in [0.29, 0.717) is 12.3 Å². The number of rotatable bonds is 5. The smallest absolute Gasteiger partial charge is 0.310 e.